The molecule has 0 atom stereocenters. The first-order valence-corrected chi connectivity index (χ1v) is 6.66. The van der Waals surface area contributed by atoms with Gasteiger partial charge in [-0.2, -0.15) is 0 Å². The summed E-state index contributed by atoms with van der Waals surface area (Å²) in [6.07, 6.45) is -0.0570. The largest absolute Gasteiger partial charge is 0.488 e. The Bertz CT molecular complexity index is 443. The molecule has 4 nitrogen and oxygen atoms in total. The fourth-order valence-corrected chi connectivity index (χ4v) is 2.22. The van der Waals surface area contributed by atoms with E-state index in [4.69, 9.17) is 10.5 Å². The van der Waals surface area contributed by atoms with Crippen molar-refractivity contribution in [3.63, 3.8) is 0 Å². The monoisotopic (exact) mass is 267 g/mol. The van der Waals surface area contributed by atoms with Crippen molar-refractivity contribution in [2.45, 2.75) is 20.0 Å². The maximum atomic E-state index is 13.8. The van der Waals surface area contributed by atoms with Crippen LogP contribution in [-0.2, 0) is 0 Å². The zero-order valence-electron chi connectivity index (χ0n) is 11.8. The third-order valence-electron chi connectivity index (χ3n) is 3.29. The lowest BCUT2D eigenvalue weighted by atomic mass is 10.2. The number of benzene rings is 1. The maximum Gasteiger partial charge on any atom is 0.167 e. The van der Waals surface area contributed by atoms with Gasteiger partial charge in [0.25, 0.3) is 0 Å². The molecule has 106 valence electrons. The van der Waals surface area contributed by atoms with Crippen LogP contribution in [0.25, 0.3) is 0 Å². The highest BCUT2D eigenvalue weighted by molar-refractivity contribution is 5.70. The molecule has 1 saturated heterocycles. The van der Waals surface area contributed by atoms with Gasteiger partial charge < -0.3 is 20.3 Å². The molecule has 0 unspecified atom stereocenters. The second-order valence-corrected chi connectivity index (χ2v) is 5.30. The lowest BCUT2D eigenvalue weighted by molar-refractivity contribution is 0.231. The molecule has 1 aromatic carbocycles. The van der Waals surface area contributed by atoms with E-state index in [9.17, 15) is 4.39 Å². The van der Waals surface area contributed by atoms with Crippen LogP contribution >= 0.6 is 0 Å². The first-order chi connectivity index (χ1) is 8.97. The first kappa shape index (κ1) is 13.9. The Labute approximate surface area is 113 Å². The molecule has 0 radical (unpaired) electrons. The number of likely N-dealkylation sites (N-methyl/N-ethyl adjacent to an activating group) is 1. The third-order valence-corrected chi connectivity index (χ3v) is 3.29. The molecule has 1 heterocycles. The summed E-state index contributed by atoms with van der Waals surface area (Å²) in [5.74, 6) is -0.123. The van der Waals surface area contributed by atoms with Crippen LogP contribution < -0.4 is 15.4 Å². The van der Waals surface area contributed by atoms with Crippen LogP contribution in [0.3, 0.4) is 0 Å². The van der Waals surface area contributed by atoms with Gasteiger partial charge in [0.2, 0.25) is 0 Å². The quantitative estimate of drug-likeness (QED) is 0.850. The zero-order valence-corrected chi connectivity index (χ0v) is 11.8. The summed E-state index contributed by atoms with van der Waals surface area (Å²) in [4.78, 5) is 4.45. The number of ether oxygens (including phenoxy) is 1. The Balaban J connectivity index is 2.24. The number of piperazine rings is 1. The summed E-state index contributed by atoms with van der Waals surface area (Å²) in [5.41, 5.74) is 7.27. The van der Waals surface area contributed by atoms with Crippen molar-refractivity contribution >= 4 is 11.4 Å². The minimum Gasteiger partial charge on any atom is -0.488 e. The highest BCUT2D eigenvalue weighted by atomic mass is 19.1. The first-order valence-electron chi connectivity index (χ1n) is 6.66. The SMILES string of the molecule is CC(C)Oc1cc(N2CCN(C)CC2)c(N)cc1F. The molecule has 1 aliphatic heterocycles. The van der Waals surface area contributed by atoms with Crippen molar-refractivity contribution in [3.8, 4) is 5.75 Å². The van der Waals surface area contributed by atoms with E-state index in [1.54, 1.807) is 6.07 Å². The molecule has 0 saturated carbocycles. The smallest absolute Gasteiger partial charge is 0.167 e. The molecule has 2 rings (SSSR count). The van der Waals surface area contributed by atoms with Crippen molar-refractivity contribution in [3.05, 3.63) is 17.9 Å². The van der Waals surface area contributed by atoms with Crippen molar-refractivity contribution in [2.24, 2.45) is 0 Å². The van der Waals surface area contributed by atoms with Gasteiger partial charge in [0.05, 0.1) is 17.5 Å². The number of halogens is 1. The highest BCUT2D eigenvalue weighted by Crippen LogP contribution is 2.32. The summed E-state index contributed by atoms with van der Waals surface area (Å²) in [7, 11) is 2.10. The van der Waals surface area contributed by atoms with Crippen LogP contribution in [-0.4, -0.2) is 44.2 Å². The molecule has 1 aromatic rings. The number of hydrogen-bond donors (Lipinski definition) is 1. The van der Waals surface area contributed by atoms with Crippen LogP contribution in [0.1, 0.15) is 13.8 Å². The van der Waals surface area contributed by atoms with Gasteiger partial charge in [0.1, 0.15) is 0 Å². The molecule has 1 aliphatic rings. The molecule has 0 amide bonds. The van der Waals surface area contributed by atoms with Crippen LogP contribution in [0.4, 0.5) is 15.8 Å². The van der Waals surface area contributed by atoms with Gasteiger partial charge in [-0.05, 0) is 20.9 Å². The highest BCUT2D eigenvalue weighted by Gasteiger charge is 2.19. The Kier molecular flexibility index (Phi) is 4.14. The Morgan fingerprint density at radius 2 is 1.84 bits per heavy atom. The number of rotatable bonds is 3. The number of anilines is 2. The fourth-order valence-electron chi connectivity index (χ4n) is 2.22. The molecule has 0 aromatic heterocycles. The summed E-state index contributed by atoms with van der Waals surface area (Å²) in [6, 6.07) is 3.07. The zero-order chi connectivity index (χ0) is 14.0. The molecule has 19 heavy (non-hydrogen) atoms. The Morgan fingerprint density at radius 3 is 2.42 bits per heavy atom. The number of hydrogen-bond acceptors (Lipinski definition) is 4. The topological polar surface area (TPSA) is 41.7 Å². The molecular formula is C14H22FN3O. The Hall–Kier alpha value is -1.49. The lowest BCUT2D eigenvalue weighted by Gasteiger charge is -2.34. The molecule has 2 N–H and O–H groups in total. The van der Waals surface area contributed by atoms with E-state index in [0.717, 1.165) is 31.9 Å². The minimum absolute atomic E-state index is 0.0570. The van der Waals surface area contributed by atoms with E-state index >= 15 is 0 Å². The molecule has 0 bridgehead atoms. The van der Waals surface area contributed by atoms with Gasteiger partial charge in [-0.3, -0.25) is 0 Å². The fraction of sp³-hybridized carbons (Fsp3) is 0.571. The van der Waals surface area contributed by atoms with Crippen molar-refractivity contribution < 1.29 is 9.13 Å². The van der Waals surface area contributed by atoms with E-state index in [2.05, 4.69) is 16.8 Å². The van der Waals surface area contributed by atoms with E-state index in [1.807, 2.05) is 13.8 Å². The minimum atomic E-state index is -0.399. The second kappa shape index (κ2) is 5.65. The van der Waals surface area contributed by atoms with Crippen LogP contribution in [0.2, 0.25) is 0 Å². The molecule has 0 aliphatic carbocycles. The standard InChI is InChI=1S/C14H22FN3O/c1-10(2)19-14-9-13(12(16)8-11(14)15)18-6-4-17(3)5-7-18/h8-10H,4-7,16H2,1-3H3. The van der Waals surface area contributed by atoms with E-state index in [1.165, 1.54) is 6.07 Å². The molecule has 1 fully saturated rings. The summed E-state index contributed by atoms with van der Waals surface area (Å²) >= 11 is 0. The lowest BCUT2D eigenvalue weighted by Crippen LogP contribution is -2.44. The Morgan fingerprint density at radius 1 is 1.21 bits per heavy atom. The van der Waals surface area contributed by atoms with Crippen LogP contribution in [0.5, 0.6) is 5.75 Å². The van der Waals surface area contributed by atoms with Gasteiger partial charge in [0.15, 0.2) is 11.6 Å². The van der Waals surface area contributed by atoms with Crippen LogP contribution in [0, 0.1) is 5.82 Å². The van der Waals surface area contributed by atoms with E-state index < -0.39 is 5.82 Å². The summed E-state index contributed by atoms with van der Waals surface area (Å²) < 4.78 is 19.3. The van der Waals surface area contributed by atoms with Gasteiger partial charge in [-0.15, -0.1) is 0 Å². The van der Waals surface area contributed by atoms with Gasteiger partial charge in [-0.25, -0.2) is 4.39 Å². The number of nitrogen functional groups attached to an aromatic ring is 1. The van der Waals surface area contributed by atoms with Crippen LogP contribution in [0.15, 0.2) is 12.1 Å². The van der Waals surface area contributed by atoms with Crippen molar-refractivity contribution in [1.82, 2.24) is 4.90 Å². The molecule has 5 heteroatoms. The molecular weight excluding hydrogens is 245 g/mol. The van der Waals surface area contributed by atoms with Crippen molar-refractivity contribution in [2.75, 3.05) is 43.9 Å². The summed E-state index contributed by atoms with van der Waals surface area (Å²) in [5, 5.41) is 0. The maximum absolute atomic E-state index is 13.8. The average Bonchev–Trinajstić information content (AvgIpc) is 2.33. The predicted octanol–water partition coefficient (Wildman–Crippen LogP) is 1.95. The third kappa shape index (κ3) is 3.29. The van der Waals surface area contributed by atoms with Crippen molar-refractivity contribution in [1.29, 1.82) is 0 Å². The number of nitrogens with zero attached hydrogens (tertiary/aromatic N) is 2. The second-order valence-electron chi connectivity index (χ2n) is 5.30. The molecule has 0 spiro atoms. The van der Waals surface area contributed by atoms with E-state index in [-0.39, 0.29) is 11.9 Å². The predicted molar refractivity (Wildman–Crippen MR) is 76.3 cm³/mol. The summed E-state index contributed by atoms with van der Waals surface area (Å²) in [6.45, 7) is 7.52. The van der Waals surface area contributed by atoms with Gasteiger partial charge in [-0.1, -0.05) is 0 Å². The van der Waals surface area contributed by atoms with Gasteiger partial charge in [0, 0.05) is 38.3 Å². The van der Waals surface area contributed by atoms with Gasteiger partial charge >= 0.3 is 0 Å². The average molecular weight is 267 g/mol. The van der Waals surface area contributed by atoms with E-state index in [0.29, 0.717) is 5.69 Å². The normalized spacial score (nSPS) is 17.0. The number of nitrogens with two attached hydrogens (primary N) is 1.